The number of halogens is 2. The van der Waals surface area contributed by atoms with Gasteiger partial charge in [0, 0.05) is 0 Å². The maximum absolute atomic E-state index is 12.8. The van der Waals surface area contributed by atoms with Crippen molar-refractivity contribution in [3.05, 3.63) is 35.1 Å². The maximum atomic E-state index is 12.8. The van der Waals surface area contributed by atoms with Crippen LogP contribution in [0.3, 0.4) is 0 Å². The molecule has 1 unspecified atom stereocenters. The van der Waals surface area contributed by atoms with Gasteiger partial charge in [-0.05, 0) is 30.2 Å². The van der Waals surface area contributed by atoms with Crippen LogP contribution in [0.2, 0.25) is 0 Å². The molecule has 13 heavy (non-hydrogen) atoms. The van der Waals surface area contributed by atoms with Gasteiger partial charge in [0.05, 0.1) is 0 Å². The van der Waals surface area contributed by atoms with Gasteiger partial charge in [-0.2, -0.15) is 0 Å². The number of carbonyl (C=O) groups excluding carboxylic acids is 1. The van der Waals surface area contributed by atoms with Crippen LogP contribution in [-0.4, -0.2) is 5.91 Å². The van der Waals surface area contributed by atoms with Crippen LogP contribution in [0.1, 0.15) is 16.5 Å². The zero-order valence-corrected chi connectivity index (χ0v) is 7.81. The number of nitrogens with two attached hydrogens (primary N) is 1. The van der Waals surface area contributed by atoms with Crippen LogP contribution in [0, 0.1) is 12.7 Å². The predicted molar refractivity (Wildman–Crippen MR) is 48.9 cm³/mol. The van der Waals surface area contributed by atoms with Gasteiger partial charge >= 0.3 is 0 Å². The summed E-state index contributed by atoms with van der Waals surface area (Å²) >= 11 is 5.68. The number of benzene rings is 1. The van der Waals surface area contributed by atoms with Crippen molar-refractivity contribution in [2.45, 2.75) is 12.3 Å². The van der Waals surface area contributed by atoms with Gasteiger partial charge in [-0.3, -0.25) is 4.79 Å². The first-order valence-corrected chi connectivity index (χ1v) is 4.15. The second kappa shape index (κ2) is 3.75. The topological polar surface area (TPSA) is 43.1 Å². The lowest BCUT2D eigenvalue weighted by Crippen LogP contribution is -2.17. The van der Waals surface area contributed by atoms with Crippen LogP contribution in [0.25, 0.3) is 0 Å². The number of rotatable bonds is 2. The summed E-state index contributed by atoms with van der Waals surface area (Å²) in [7, 11) is 0. The molecular weight excluding hydrogens is 193 g/mol. The Labute approximate surface area is 80.5 Å². The highest BCUT2D eigenvalue weighted by atomic mass is 35.5. The molecule has 0 aliphatic rings. The van der Waals surface area contributed by atoms with Gasteiger partial charge in [0.25, 0.3) is 0 Å². The van der Waals surface area contributed by atoms with Crippen molar-refractivity contribution >= 4 is 17.5 Å². The SMILES string of the molecule is Cc1ccc(F)cc1C(Cl)C(N)=O. The predicted octanol–water partition coefficient (Wildman–Crippen LogP) is 1.90. The van der Waals surface area contributed by atoms with Crippen molar-refractivity contribution in [3.63, 3.8) is 0 Å². The van der Waals surface area contributed by atoms with E-state index < -0.39 is 17.1 Å². The lowest BCUT2D eigenvalue weighted by molar-refractivity contribution is -0.117. The molecule has 2 N–H and O–H groups in total. The molecule has 1 aromatic rings. The summed E-state index contributed by atoms with van der Waals surface area (Å²) in [6, 6.07) is 4.09. The third-order valence-electron chi connectivity index (χ3n) is 1.76. The molecule has 1 atom stereocenters. The third-order valence-corrected chi connectivity index (χ3v) is 2.21. The molecule has 0 saturated heterocycles. The molecule has 0 aliphatic carbocycles. The van der Waals surface area contributed by atoms with Gasteiger partial charge in [0.2, 0.25) is 5.91 Å². The first-order chi connectivity index (χ1) is 6.02. The summed E-state index contributed by atoms with van der Waals surface area (Å²) in [4.78, 5) is 10.7. The number of aryl methyl sites for hydroxylation is 1. The van der Waals surface area contributed by atoms with Crippen molar-refractivity contribution in [1.29, 1.82) is 0 Å². The fourth-order valence-electron chi connectivity index (χ4n) is 1.04. The standard InChI is InChI=1S/C9H9ClFNO/c1-5-2-3-6(11)4-7(5)8(10)9(12)13/h2-4,8H,1H3,(H2,12,13). The smallest absolute Gasteiger partial charge is 0.240 e. The highest BCUT2D eigenvalue weighted by molar-refractivity contribution is 6.30. The van der Waals surface area contributed by atoms with Crippen LogP contribution in [0.4, 0.5) is 4.39 Å². The summed E-state index contributed by atoms with van der Waals surface area (Å²) in [5.74, 6) is -1.09. The van der Waals surface area contributed by atoms with Crippen LogP contribution in [0.5, 0.6) is 0 Å². The highest BCUT2D eigenvalue weighted by Gasteiger charge is 2.16. The minimum absolute atomic E-state index is 0.424. The molecule has 0 bridgehead atoms. The van der Waals surface area contributed by atoms with E-state index in [0.717, 1.165) is 5.56 Å². The molecule has 0 aliphatic heterocycles. The Hall–Kier alpha value is -1.09. The van der Waals surface area contributed by atoms with E-state index in [4.69, 9.17) is 17.3 Å². The van der Waals surface area contributed by atoms with E-state index in [1.54, 1.807) is 13.0 Å². The van der Waals surface area contributed by atoms with Gasteiger partial charge in [-0.25, -0.2) is 4.39 Å². The minimum atomic E-state index is -0.962. The zero-order valence-electron chi connectivity index (χ0n) is 7.05. The van der Waals surface area contributed by atoms with Crippen molar-refractivity contribution in [3.8, 4) is 0 Å². The number of primary amides is 1. The first kappa shape index (κ1) is 9.99. The Bertz CT molecular complexity index is 340. The number of hydrogen-bond acceptors (Lipinski definition) is 1. The molecular formula is C9H9ClFNO. The molecule has 2 nitrogen and oxygen atoms in total. The Kier molecular flexibility index (Phi) is 2.88. The molecule has 0 radical (unpaired) electrons. The number of carbonyl (C=O) groups is 1. The average Bonchev–Trinajstić information content (AvgIpc) is 2.08. The molecule has 0 spiro atoms. The number of alkyl halides is 1. The van der Waals surface area contributed by atoms with Crippen molar-refractivity contribution in [2.75, 3.05) is 0 Å². The van der Waals surface area contributed by atoms with Crippen molar-refractivity contribution < 1.29 is 9.18 Å². The monoisotopic (exact) mass is 201 g/mol. The normalized spacial score (nSPS) is 12.5. The summed E-state index contributed by atoms with van der Waals surface area (Å²) in [5, 5.41) is -0.962. The Morgan fingerprint density at radius 3 is 2.77 bits per heavy atom. The first-order valence-electron chi connectivity index (χ1n) is 3.72. The summed E-state index contributed by atoms with van der Waals surface area (Å²) in [5.41, 5.74) is 6.17. The molecule has 1 amide bonds. The van der Waals surface area contributed by atoms with E-state index in [-0.39, 0.29) is 0 Å². The highest BCUT2D eigenvalue weighted by Crippen LogP contribution is 2.23. The minimum Gasteiger partial charge on any atom is -0.368 e. The van der Waals surface area contributed by atoms with E-state index in [2.05, 4.69) is 0 Å². The second-order valence-electron chi connectivity index (χ2n) is 2.77. The van der Waals surface area contributed by atoms with E-state index in [0.29, 0.717) is 5.56 Å². The van der Waals surface area contributed by atoms with Gasteiger partial charge in [-0.15, -0.1) is 11.6 Å². The van der Waals surface area contributed by atoms with Crippen LogP contribution < -0.4 is 5.73 Å². The quantitative estimate of drug-likeness (QED) is 0.730. The Morgan fingerprint density at radius 1 is 1.62 bits per heavy atom. The maximum Gasteiger partial charge on any atom is 0.240 e. The number of hydrogen-bond donors (Lipinski definition) is 1. The van der Waals surface area contributed by atoms with E-state index in [1.165, 1.54) is 12.1 Å². The summed E-state index contributed by atoms with van der Waals surface area (Å²) in [6.07, 6.45) is 0. The van der Waals surface area contributed by atoms with Crippen LogP contribution in [-0.2, 0) is 4.79 Å². The Morgan fingerprint density at radius 2 is 2.23 bits per heavy atom. The molecule has 0 fully saturated rings. The third kappa shape index (κ3) is 2.18. The number of amides is 1. The van der Waals surface area contributed by atoms with E-state index in [9.17, 15) is 9.18 Å². The van der Waals surface area contributed by atoms with Crippen LogP contribution in [0.15, 0.2) is 18.2 Å². The van der Waals surface area contributed by atoms with Gasteiger partial charge < -0.3 is 5.73 Å². The molecule has 4 heteroatoms. The van der Waals surface area contributed by atoms with Gasteiger partial charge in [-0.1, -0.05) is 6.07 Å². The summed E-state index contributed by atoms with van der Waals surface area (Å²) < 4.78 is 12.8. The van der Waals surface area contributed by atoms with Gasteiger partial charge in [0.1, 0.15) is 11.2 Å². The van der Waals surface area contributed by atoms with Gasteiger partial charge in [0.15, 0.2) is 0 Å². The molecule has 1 aromatic carbocycles. The van der Waals surface area contributed by atoms with Crippen LogP contribution >= 0.6 is 11.6 Å². The average molecular weight is 202 g/mol. The fraction of sp³-hybridized carbons (Fsp3) is 0.222. The largest absolute Gasteiger partial charge is 0.368 e. The molecule has 0 aromatic heterocycles. The second-order valence-corrected chi connectivity index (χ2v) is 3.20. The fourth-order valence-corrected chi connectivity index (χ4v) is 1.27. The van der Waals surface area contributed by atoms with E-state index in [1.807, 2.05) is 0 Å². The Balaban J connectivity index is 3.12. The molecule has 0 heterocycles. The summed E-state index contributed by atoms with van der Waals surface area (Å²) in [6.45, 7) is 1.74. The lowest BCUT2D eigenvalue weighted by atomic mass is 10.1. The lowest BCUT2D eigenvalue weighted by Gasteiger charge is -2.08. The van der Waals surface area contributed by atoms with Crippen molar-refractivity contribution in [1.82, 2.24) is 0 Å². The molecule has 1 rings (SSSR count). The van der Waals surface area contributed by atoms with Crippen molar-refractivity contribution in [2.24, 2.45) is 5.73 Å². The molecule has 0 saturated carbocycles. The van der Waals surface area contributed by atoms with E-state index >= 15 is 0 Å². The molecule has 70 valence electrons. The zero-order chi connectivity index (χ0) is 10.0.